The molecule has 2 atom stereocenters. The summed E-state index contributed by atoms with van der Waals surface area (Å²) in [4.78, 5) is 15.8. The zero-order valence-corrected chi connectivity index (χ0v) is 12.4. The number of hydrogen-bond donors (Lipinski definition) is 1. The third kappa shape index (κ3) is 2.91. The Labute approximate surface area is 124 Å². The van der Waals surface area contributed by atoms with Crippen molar-refractivity contribution < 1.29 is 4.79 Å². The minimum Gasteiger partial charge on any atom is -0.341 e. The van der Waals surface area contributed by atoms with Gasteiger partial charge in [0.15, 0.2) is 0 Å². The number of likely N-dealkylation sites (tertiary alicyclic amines) is 1. The number of amides is 1. The number of carbonyl (C=O) groups excluding carboxylic acids is 1. The van der Waals surface area contributed by atoms with Crippen LogP contribution in [0.5, 0.6) is 0 Å². The first-order chi connectivity index (χ1) is 8.75. The summed E-state index contributed by atoms with van der Waals surface area (Å²) in [6.45, 7) is 1.60. The Hall–Kier alpha value is -0.710. The van der Waals surface area contributed by atoms with E-state index in [4.69, 9.17) is 5.73 Å². The molecule has 2 heterocycles. The lowest BCUT2D eigenvalue weighted by molar-refractivity contribution is -0.133. The number of benzene rings is 1. The van der Waals surface area contributed by atoms with Gasteiger partial charge in [-0.05, 0) is 24.5 Å². The number of fused-ring (bicyclic) bond motifs is 1. The zero-order valence-electron chi connectivity index (χ0n) is 10.7. The van der Waals surface area contributed by atoms with Gasteiger partial charge >= 0.3 is 0 Å². The Bertz CT molecular complexity index is 469. The highest BCUT2D eigenvalue weighted by Crippen LogP contribution is 2.40. The van der Waals surface area contributed by atoms with Gasteiger partial charge in [-0.3, -0.25) is 4.79 Å². The number of carbonyl (C=O) groups is 1. The lowest BCUT2D eigenvalue weighted by Crippen LogP contribution is -2.47. The normalized spacial score (nSPS) is 25.6. The van der Waals surface area contributed by atoms with Gasteiger partial charge in [-0.1, -0.05) is 18.2 Å². The number of rotatable bonds is 1. The molecule has 1 unspecified atom stereocenters. The standard InChI is InChI=1S/C14H18N2OS.ClH/c15-10-4-3-7-16(8-10)14(17)12-9-18-13-6-2-1-5-11(12)13;/h1-2,5-6,10,12H,3-4,7-9,15H2;1H/t10-,12?;/m1./s1. The van der Waals surface area contributed by atoms with Gasteiger partial charge in [-0.2, -0.15) is 0 Å². The maximum absolute atomic E-state index is 12.6. The minimum absolute atomic E-state index is 0. The van der Waals surface area contributed by atoms with E-state index in [1.54, 1.807) is 11.8 Å². The van der Waals surface area contributed by atoms with Crippen molar-refractivity contribution in [3.63, 3.8) is 0 Å². The van der Waals surface area contributed by atoms with E-state index in [0.29, 0.717) is 0 Å². The van der Waals surface area contributed by atoms with E-state index in [9.17, 15) is 4.79 Å². The molecule has 1 aromatic rings. The Morgan fingerprint density at radius 3 is 2.95 bits per heavy atom. The second-order valence-corrected chi connectivity index (χ2v) is 6.15. The molecule has 19 heavy (non-hydrogen) atoms. The first-order valence-electron chi connectivity index (χ1n) is 6.52. The second kappa shape index (κ2) is 6.16. The van der Waals surface area contributed by atoms with E-state index < -0.39 is 0 Å². The number of thioether (sulfide) groups is 1. The lowest BCUT2D eigenvalue weighted by Gasteiger charge is -2.32. The first-order valence-corrected chi connectivity index (χ1v) is 7.50. The fourth-order valence-electron chi connectivity index (χ4n) is 2.80. The van der Waals surface area contributed by atoms with Crippen molar-refractivity contribution in [3.8, 4) is 0 Å². The predicted octanol–water partition coefficient (Wildman–Crippen LogP) is 2.25. The topological polar surface area (TPSA) is 46.3 Å². The monoisotopic (exact) mass is 298 g/mol. The van der Waals surface area contributed by atoms with Crippen LogP contribution in [-0.4, -0.2) is 35.7 Å². The number of nitrogens with zero attached hydrogens (tertiary/aromatic N) is 1. The summed E-state index contributed by atoms with van der Waals surface area (Å²) in [5.41, 5.74) is 7.16. The average molecular weight is 299 g/mol. The van der Waals surface area contributed by atoms with Crippen molar-refractivity contribution in [2.24, 2.45) is 5.73 Å². The second-order valence-electron chi connectivity index (χ2n) is 5.09. The molecule has 2 aliphatic rings. The SMILES string of the molecule is Cl.N[C@@H]1CCCN(C(=O)C2CSc3ccccc32)C1. The van der Waals surface area contributed by atoms with Gasteiger partial charge in [0.2, 0.25) is 5.91 Å². The van der Waals surface area contributed by atoms with Gasteiger partial charge in [0, 0.05) is 29.8 Å². The van der Waals surface area contributed by atoms with Crippen molar-refractivity contribution in [3.05, 3.63) is 29.8 Å². The van der Waals surface area contributed by atoms with Gasteiger partial charge in [-0.15, -0.1) is 24.2 Å². The zero-order chi connectivity index (χ0) is 12.5. The third-order valence-electron chi connectivity index (χ3n) is 3.77. The molecule has 2 aliphatic heterocycles. The summed E-state index contributed by atoms with van der Waals surface area (Å²) in [5, 5.41) is 0. The highest BCUT2D eigenvalue weighted by atomic mass is 35.5. The van der Waals surface area contributed by atoms with Crippen molar-refractivity contribution >= 4 is 30.1 Å². The molecule has 1 saturated heterocycles. The van der Waals surface area contributed by atoms with Crippen LogP contribution in [0.25, 0.3) is 0 Å². The molecular weight excluding hydrogens is 280 g/mol. The lowest BCUT2D eigenvalue weighted by atomic mass is 9.98. The molecule has 3 rings (SSSR count). The van der Waals surface area contributed by atoms with Crippen LogP contribution in [0.2, 0.25) is 0 Å². The Morgan fingerprint density at radius 1 is 1.37 bits per heavy atom. The smallest absolute Gasteiger partial charge is 0.231 e. The Kier molecular flexibility index (Phi) is 4.76. The van der Waals surface area contributed by atoms with Gasteiger partial charge in [-0.25, -0.2) is 0 Å². The fraction of sp³-hybridized carbons (Fsp3) is 0.500. The van der Waals surface area contributed by atoms with E-state index >= 15 is 0 Å². The van der Waals surface area contributed by atoms with E-state index in [1.807, 2.05) is 17.0 Å². The van der Waals surface area contributed by atoms with Crippen LogP contribution in [0, 0.1) is 0 Å². The van der Waals surface area contributed by atoms with Crippen LogP contribution in [0.4, 0.5) is 0 Å². The molecular formula is C14H19ClN2OS. The molecule has 2 N–H and O–H groups in total. The summed E-state index contributed by atoms with van der Waals surface area (Å²) in [6, 6.07) is 8.41. The van der Waals surface area contributed by atoms with Crippen LogP contribution in [-0.2, 0) is 4.79 Å². The Balaban J connectivity index is 0.00000133. The fourth-order valence-corrected chi connectivity index (χ4v) is 4.02. The first kappa shape index (κ1) is 14.7. The molecule has 3 nitrogen and oxygen atoms in total. The van der Waals surface area contributed by atoms with E-state index in [0.717, 1.165) is 31.7 Å². The van der Waals surface area contributed by atoms with Gasteiger partial charge in [0.25, 0.3) is 0 Å². The molecule has 1 amide bonds. The quantitative estimate of drug-likeness (QED) is 0.865. The largest absolute Gasteiger partial charge is 0.341 e. The summed E-state index contributed by atoms with van der Waals surface area (Å²) in [6.07, 6.45) is 2.08. The van der Waals surface area contributed by atoms with Crippen molar-refractivity contribution in [2.45, 2.75) is 29.7 Å². The highest BCUT2D eigenvalue weighted by Gasteiger charge is 2.33. The average Bonchev–Trinajstić information content (AvgIpc) is 2.82. The van der Waals surface area contributed by atoms with Crippen molar-refractivity contribution in [1.82, 2.24) is 4.90 Å². The number of hydrogen-bond acceptors (Lipinski definition) is 3. The summed E-state index contributed by atoms with van der Waals surface area (Å²) >= 11 is 1.79. The van der Waals surface area contributed by atoms with E-state index in [2.05, 4.69) is 12.1 Å². The van der Waals surface area contributed by atoms with Crippen molar-refractivity contribution in [1.29, 1.82) is 0 Å². The molecule has 1 fully saturated rings. The molecule has 5 heteroatoms. The number of halogens is 1. The highest BCUT2D eigenvalue weighted by molar-refractivity contribution is 7.99. The minimum atomic E-state index is 0. The maximum atomic E-state index is 12.6. The summed E-state index contributed by atoms with van der Waals surface area (Å²) < 4.78 is 0. The van der Waals surface area contributed by atoms with E-state index in [1.165, 1.54) is 10.5 Å². The molecule has 104 valence electrons. The number of piperidine rings is 1. The van der Waals surface area contributed by atoms with Gasteiger partial charge in [0.05, 0.1) is 5.92 Å². The third-order valence-corrected chi connectivity index (χ3v) is 4.95. The van der Waals surface area contributed by atoms with Gasteiger partial charge < -0.3 is 10.6 Å². The van der Waals surface area contributed by atoms with Crippen LogP contribution in [0.3, 0.4) is 0 Å². The van der Waals surface area contributed by atoms with Crippen LogP contribution < -0.4 is 5.73 Å². The molecule has 0 spiro atoms. The molecule has 0 saturated carbocycles. The van der Waals surface area contributed by atoms with Crippen molar-refractivity contribution in [2.75, 3.05) is 18.8 Å². The van der Waals surface area contributed by atoms with Crippen LogP contribution >= 0.6 is 24.2 Å². The molecule has 0 bridgehead atoms. The van der Waals surface area contributed by atoms with E-state index in [-0.39, 0.29) is 30.3 Å². The predicted molar refractivity (Wildman–Crippen MR) is 80.9 cm³/mol. The summed E-state index contributed by atoms with van der Waals surface area (Å²) in [7, 11) is 0. The molecule has 1 aromatic carbocycles. The maximum Gasteiger partial charge on any atom is 0.231 e. The Morgan fingerprint density at radius 2 is 2.16 bits per heavy atom. The van der Waals surface area contributed by atoms with Gasteiger partial charge in [0.1, 0.15) is 0 Å². The van der Waals surface area contributed by atoms with Crippen LogP contribution in [0.15, 0.2) is 29.2 Å². The molecule has 0 aromatic heterocycles. The summed E-state index contributed by atoms with van der Waals surface area (Å²) in [5.74, 6) is 1.18. The molecule has 0 radical (unpaired) electrons. The number of nitrogens with two attached hydrogens (primary N) is 1. The molecule has 0 aliphatic carbocycles. The van der Waals surface area contributed by atoms with Crippen LogP contribution in [0.1, 0.15) is 24.3 Å².